The van der Waals surface area contributed by atoms with E-state index in [4.69, 9.17) is 5.73 Å². The number of aromatic nitrogens is 1. The van der Waals surface area contributed by atoms with E-state index in [1.165, 1.54) is 0 Å². The van der Waals surface area contributed by atoms with Crippen molar-refractivity contribution in [3.05, 3.63) is 46.4 Å². The zero-order valence-corrected chi connectivity index (χ0v) is 8.95. The third-order valence-electron chi connectivity index (χ3n) is 2.18. The maximum absolute atomic E-state index is 9.31. The summed E-state index contributed by atoms with van der Waals surface area (Å²) in [5, 5.41) is 9.31. The number of thiazole rings is 1. The molecule has 0 saturated heterocycles. The standard InChI is InChI=1S/C11H12N2OS/c12-10(11-6-13-7-15-11)5-8-2-1-3-9(14)4-8/h1-4,6-7,10,14H,5,12H2. The fourth-order valence-electron chi connectivity index (χ4n) is 1.45. The van der Waals surface area contributed by atoms with Crippen molar-refractivity contribution in [2.45, 2.75) is 12.5 Å². The fraction of sp³-hybridized carbons (Fsp3) is 0.182. The van der Waals surface area contributed by atoms with Crippen LogP contribution in [0, 0.1) is 0 Å². The van der Waals surface area contributed by atoms with Gasteiger partial charge in [0.05, 0.1) is 5.51 Å². The molecule has 1 atom stereocenters. The summed E-state index contributed by atoms with van der Waals surface area (Å²) in [6.45, 7) is 0. The van der Waals surface area contributed by atoms with Crippen LogP contribution in [0.15, 0.2) is 36.0 Å². The Morgan fingerprint density at radius 1 is 1.47 bits per heavy atom. The number of benzene rings is 1. The predicted molar refractivity (Wildman–Crippen MR) is 60.9 cm³/mol. The largest absolute Gasteiger partial charge is 0.508 e. The molecule has 15 heavy (non-hydrogen) atoms. The Labute approximate surface area is 92.2 Å². The molecular weight excluding hydrogens is 208 g/mol. The lowest BCUT2D eigenvalue weighted by molar-refractivity contribution is 0.474. The van der Waals surface area contributed by atoms with Gasteiger partial charge in [-0.15, -0.1) is 11.3 Å². The number of hydrogen-bond donors (Lipinski definition) is 2. The van der Waals surface area contributed by atoms with E-state index in [2.05, 4.69) is 4.98 Å². The molecule has 3 nitrogen and oxygen atoms in total. The van der Waals surface area contributed by atoms with Gasteiger partial charge in [0.25, 0.3) is 0 Å². The maximum Gasteiger partial charge on any atom is 0.115 e. The van der Waals surface area contributed by atoms with E-state index in [1.54, 1.807) is 35.2 Å². The van der Waals surface area contributed by atoms with E-state index in [0.717, 1.165) is 16.9 Å². The van der Waals surface area contributed by atoms with Crippen LogP contribution in [0.2, 0.25) is 0 Å². The average Bonchev–Trinajstić information content (AvgIpc) is 2.70. The van der Waals surface area contributed by atoms with Crippen LogP contribution in [0.25, 0.3) is 0 Å². The first-order chi connectivity index (χ1) is 7.25. The van der Waals surface area contributed by atoms with E-state index < -0.39 is 0 Å². The molecule has 0 aliphatic carbocycles. The molecule has 0 aliphatic rings. The molecule has 1 unspecified atom stereocenters. The van der Waals surface area contributed by atoms with Crippen LogP contribution < -0.4 is 5.73 Å². The van der Waals surface area contributed by atoms with Crippen LogP contribution >= 0.6 is 11.3 Å². The average molecular weight is 220 g/mol. The summed E-state index contributed by atoms with van der Waals surface area (Å²) in [7, 11) is 0. The smallest absolute Gasteiger partial charge is 0.115 e. The Hall–Kier alpha value is -1.39. The van der Waals surface area contributed by atoms with Crippen LogP contribution in [0.1, 0.15) is 16.5 Å². The lowest BCUT2D eigenvalue weighted by Gasteiger charge is -2.08. The second-order valence-corrected chi connectivity index (χ2v) is 4.30. The lowest BCUT2D eigenvalue weighted by atomic mass is 10.1. The van der Waals surface area contributed by atoms with Gasteiger partial charge in [0.1, 0.15) is 5.75 Å². The second-order valence-electron chi connectivity index (χ2n) is 3.38. The van der Waals surface area contributed by atoms with Crippen LogP contribution in [-0.4, -0.2) is 10.1 Å². The highest BCUT2D eigenvalue weighted by molar-refractivity contribution is 7.09. The summed E-state index contributed by atoms with van der Waals surface area (Å²) in [6, 6.07) is 7.13. The first kappa shape index (κ1) is 10.1. The molecule has 0 fully saturated rings. The van der Waals surface area contributed by atoms with Gasteiger partial charge in [-0.2, -0.15) is 0 Å². The normalized spacial score (nSPS) is 12.6. The number of aromatic hydroxyl groups is 1. The van der Waals surface area contributed by atoms with Gasteiger partial charge in [0.2, 0.25) is 0 Å². The highest BCUT2D eigenvalue weighted by Gasteiger charge is 2.08. The van der Waals surface area contributed by atoms with Crippen LogP contribution in [-0.2, 0) is 6.42 Å². The zero-order chi connectivity index (χ0) is 10.7. The Morgan fingerprint density at radius 2 is 2.33 bits per heavy atom. The summed E-state index contributed by atoms with van der Waals surface area (Å²) in [6.07, 6.45) is 2.51. The van der Waals surface area contributed by atoms with Crippen LogP contribution in [0.4, 0.5) is 0 Å². The molecule has 1 aromatic heterocycles. The third-order valence-corrected chi connectivity index (χ3v) is 3.09. The highest BCUT2D eigenvalue weighted by Crippen LogP contribution is 2.20. The number of nitrogens with zero attached hydrogens (tertiary/aromatic N) is 1. The summed E-state index contributed by atoms with van der Waals surface area (Å²) in [4.78, 5) is 5.06. The summed E-state index contributed by atoms with van der Waals surface area (Å²) < 4.78 is 0. The quantitative estimate of drug-likeness (QED) is 0.832. The Kier molecular flexibility index (Phi) is 2.99. The van der Waals surface area contributed by atoms with Crippen molar-refractivity contribution in [3.8, 4) is 5.75 Å². The van der Waals surface area contributed by atoms with E-state index in [0.29, 0.717) is 0 Å². The fourth-order valence-corrected chi connectivity index (χ4v) is 2.07. The predicted octanol–water partition coefficient (Wildman–Crippen LogP) is 2.09. The van der Waals surface area contributed by atoms with Gasteiger partial charge in [0, 0.05) is 17.1 Å². The minimum Gasteiger partial charge on any atom is -0.508 e. The molecule has 3 N–H and O–H groups in total. The van der Waals surface area contributed by atoms with Crippen molar-refractivity contribution < 1.29 is 5.11 Å². The number of nitrogens with two attached hydrogens (primary N) is 1. The minimum absolute atomic E-state index is 0.0423. The van der Waals surface area contributed by atoms with E-state index in [-0.39, 0.29) is 11.8 Å². The van der Waals surface area contributed by atoms with Crippen LogP contribution in [0.5, 0.6) is 5.75 Å². The molecule has 0 saturated carbocycles. The summed E-state index contributed by atoms with van der Waals surface area (Å²) in [5.41, 5.74) is 8.82. The molecule has 2 rings (SSSR count). The van der Waals surface area contributed by atoms with Crippen molar-refractivity contribution in [1.82, 2.24) is 4.98 Å². The first-order valence-corrected chi connectivity index (χ1v) is 5.55. The number of hydrogen-bond acceptors (Lipinski definition) is 4. The molecule has 0 aliphatic heterocycles. The van der Waals surface area contributed by atoms with Gasteiger partial charge < -0.3 is 10.8 Å². The summed E-state index contributed by atoms with van der Waals surface area (Å²) in [5.74, 6) is 0.281. The molecular formula is C11H12N2OS. The molecule has 0 spiro atoms. The van der Waals surface area contributed by atoms with Crippen molar-refractivity contribution in [3.63, 3.8) is 0 Å². The summed E-state index contributed by atoms with van der Waals surface area (Å²) >= 11 is 1.56. The molecule has 2 aromatic rings. The monoisotopic (exact) mass is 220 g/mol. The Balaban J connectivity index is 2.09. The topological polar surface area (TPSA) is 59.1 Å². The number of rotatable bonds is 3. The van der Waals surface area contributed by atoms with Gasteiger partial charge in [-0.25, -0.2) is 0 Å². The van der Waals surface area contributed by atoms with Gasteiger partial charge in [-0.1, -0.05) is 12.1 Å². The molecule has 0 radical (unpaired) electrons. The molecule has 78 valence electrons. The lowest BCUT2D eigenvalue weighted by Crippen LogP contribution is -2.11. The van der Waals surface area contributed by atoms with E-state index in [9.17, 15) is 5.11 Å². The maximum atomic E-state index is 9.31. The molecule has 4 heteroatoms. The van der Waals surface area contributed by atoms with Gasteiger partial charge >= 0.3 is 0 Å². The van der Waals surface area contributed by atoms with Crippen molar-refractivity contribution >= 4 is 11.3 Å². The second kappa shape index (κ2) is 4.42. The van der Waals surface area contributed by atoms with E-state index >= 15 is 0 Å². The first-order valence-electron chi connectivity index (χ1n) is 4.67. The molecule has 0 bridgehead atoms. The van der Waals surface area contributed by atoms with Gasteiger partial charge in [-0.05, 0) is 24.1 Å². The molecule has 1 heterocycles. The third kappa shape index (κ3) is 2.55. The SMILES string of the molecule is NC(Cc1cccc(O)c1)c1cncs1. The minimum atomic E-state index is -0.0423. The number of phenols is 1. The van der Waals surface area contributed by atoms with E-state index in [1.807, 2.05) is 12.1 Å². The highest BCUT2D eigenvalue weighted by atomic mass is 32.1. The molecule has 0 amide bonds. The van der Waals surface area contributed by atoms with Crippen LogP contribution in [0.3, 0.4) is 0 Å². The van der Waals surface area contributed by atoms with Crippen molar-refractivity contribution in [1.29, 1.82) is 0 Å². The van der Waals surface area contributed by atoms with Crippen molar-refractivity contribution in [2.24, 2.45) is 5.73 Å². The van der Waals surface area contributed by atoms with Gasteiger partial charge in [-0.3, -0.25) is 4.98 Å². The number of phenolic OH excluding ortho intramolecular Hbond substituents is 1. The zero-order valence-electron chi connectivity index (χ0n) is 8.13. The van der Waals surface area contributed by atoms with Crippen molar-refractivity contribution in [2.75, 3.05) is 0 Å². The Bertz CT molecular complexity index is 428. The molecule has 1 aromatic carbocycles. The van der Waals surface area contributed by atoms with Gasteiger partial charge in [0.15, 0.2) is 0 Å². The Morgan fingerprint density at radius 3 is 3.00 bits per heavy atom.